The molecule has 120 valence electrons. The smallest absolute Gasteiger partial charge is 0.254 e. The lowest BCUT2D eigenvalue weighted by atomic mass is 10.2. The summed E-state index contributed by atoms with van der Waals surface area (Å²) in [6.07, 6.45) is 4.50. The molecule has 1 heterocycles. The van der Waals surface area contributed by atoms with Gasteiger partial charge in [0.1, 0.15) is 11.6 Å². The molecule has 0 aromatic heterocycles. The molecule has 1 N–H and O–H groups in total. The first kappa shape index (κ1) is 16.4. The number of nitrogens with one attached hydrogen (secondary N) is 1. The number of carbonyl (C=O) groups excluding carboxylic acids is 2. The first-order chi connectivity index (χ1) is 10.6. The number of amides is 2. The van der Waals surface area contributed by atoms with Crippen LogP contribution in [0.2, 0.25) is 0 Å². The zero-order valence-corrected chi connectivity index (χ0v) is 12.4. The molecule has 2 amide bonds. The van der Waals surface area contributed by atoms with Gasteiger partial charge in [-0.15, -0.1) is 0 Å². The number of hydrogen-bond donors (Lipinski definition) is 1. The summed E-state index contributed by atoms with van der Waals surface area (Å²) in [5.41, 5.74) is -0.219. The fraction of sp³-hybridized carbons (Fsp3) is 0.500. The van der Waals surface area contributed by atoms with Crippen molar-refractivity contribution in [2.45, 2.75) is 32.1 Å². The van der Waals surface area contributed by atoms with Gasteiger partial charge in [0.15, 0.2) is 0 Å². The van der Waals surface area contributed by atoms with Crippen molar-refractivity contribution in [2.75, 3.05) is 19.6 Å². The fourth-order valence-corrected chi connectivity index (χ4v) is 2.53. The van der Waals surface area contributed by atoms with Crippen LogP contribution in [0, 0.1) is 11.6 Å². The Morgan fingerprint density at radius 1 is 1.09 bits per heavy atom. The van der Waals surface area contributed by atoms with Gasteiger partial charge < -0.3 is 10.2 Å². The zero-order valence-electron chi connectivity index (χ0n) is 12.4. The van der Waals surface area contributed by atoms with Crippen molar-refractivity contribution >= 4 is 11.8 Å². The Morgan fingerprint density at radius 3 is 2.41 bits per heavy atom. The lowest BCUT2D eigenvalue weighted by molar-refractivity contribution is -0.131. The third kappa shape index (κ3) is 4.51. The summed E-state index contributed by atoms with van der Waals surface area (Å²) in [4.78, 5) is 25.6. The Labute approximate surface area is 128 Å². The summed E-state index contributed by atoms with van der Waals surface area (Å²) in [5, 5.41) is 2.50. The highest BCUT2D eigenvalue weighted by Gasteiger charge is 2.16. The Kier molecular flexibility index (Phi) is 5.86. The van der Waals surface area contributed by atoms with Crippen molar-refractivity contribution in [3.05, 3.63) is 35.4 Å². The molecule has 1 aromatic carbocycles. The van der Waals surface area contributed by atoms with E-state index in [0.29, 0.717) is 6.07 Å². The van der Waals surface area contributed by atoms with Crippen molar-refractivity contribution in [2.24, 2.45) is 0 Å². The minimum Gasteiger partial charge on any atom is -0.351 e. The number of halogens is 2. The number of hydrogen-bond acceptors (Lipinski definition) is 2. The van der Waals surface area contributed by atoms with Crippen LogP contribution < -0.4 is 5.32 Å². The first-order valence-electron chi connectivity index (χ1n) is 7.59. The third-order valence-electron chi connectivity index (χ3n) is 3.76. The topological polar surface area (TPSA) is 49.4 Å². The van der Waals surface area contributed by atoms with Gasteiger partial charge in [-0.1, -0.05) is 12.8 Å². The summed E-state index contributed by atoms with van der Waals surface area (Å²) >= 11 is 0. The van der Waals surface area contributed by atoms with E-state index < -0.39 is 17.5 Å². The molecule has 1 aliphatic heterocycles. The fourth-order valence-electron chi connectivity index (χ4n) is 2.53. The summed E-state index contributed by atoms with van der Waals surface area (Å²) < 4.78 is 26.2. The van der Waals surface area contributed by atoms with Crippen molar-refractivity contribution in [1.29, 1.82) is 0 Å². The van der Waals surface area contributed by atoms with Crippen LogP contribution in [-0.4, -0.2) is 36.3 Å². The largest absolute Gasteiger partial charge is 0.351 e. The summed E-state index contributed by atoms with van der Waals surface area (Å²) in [6.45, 7) is 1.67. The molecule has 4 nitrogen and oxygen atoms in total. The van der Waals surface area contributed by atoms with Gasteiger partial charge in [0, 0.05) is 32.1 Å². The molecule has 0 atom stereocenters. The molecule has 0 radical (unpaired) electrons. The van der Waals surface area contributed by atoms with Gasteiger partial charge in [-0.2, -0.15) is 0 Å². The van der Waals surface area contributed by atoms with Crippen LogP contribution in [0.3, 0.4) is 0 Å². The molecule has 0 spiro atoms. The monoisotopic (exact) mass is 310 g/mol. The van der Waals surface area contributed by atoms with E-state index >= 15 is 0 Å². The second-order valence-corrected chi connectivity index (χ2v) is 5.43. The lowest BCUT2D eigenvalue weighted by Gasteiger charge is -2.20. The molecule has 1 aromatic rings. The van der Waals surface area contributed by atoms with Crippen LogP contribution >= 0.6 is 0 Å². The molecule has 0 unspecified atom stereocenters. The highest BCUT2D eigenvalue weighted by atomic mass is 19.1. The van der Waals surface area contributed by atoms with Crippen LogP contribution in [0.15, 0.2) is 18.2 Å². The second kappa shape index (κ2) is 7.87. The Bertz CT molecular complexity index is 541. The Balaban J connectivity index is 1.80. The van der Waals surface area contributed by atoms with Gasteiger partial charge in [0.05, 0.1) is 5.56 Å². The number of benzene rings is 1. The molecule has 22 heavy (non-hydrogen) atoms. The number of carbonyl (C=O) groups is 2. The zero-order chi connectivity index (χ0) is 15.9. The molecular weight excluding hydrogens is 290 g/mol. The van der Waals surface area contributed by atoms with E-state index in [9.17, 15) is 18.4 Å². The normalized spacial score (nSPS) is 15.3. The molecule has 1 fully saturated rings. The maximum Gasteiger partial charge on any atom is 0.254 e. The van der Waals surface area contributed by atoms with E-state index in [0.717, 1.165) is 50.9 Å². The van der Waals surface area contributed by atoms with Crippen LogP contribution in [0.5, 0.6) is 0 Å². The molecule has 6 heteroatoms. The van der Waals surface area contributed by atoms with Gasteiger partial charge in [0.25, 0.3) is 5.91 Å². The molecule has 1 aliphatic rings. The molecule has 1 saturated heterocycles. The molecule has 0 aliphatic carbocycles. The number of rotatable bonds is 4. The van der Waals surface area contributed by atoms with Gasteiger partial charge in [-0.3, -0.25) is 9.59 Å². The van der Waals surface area contributed by atoms with E-state index in [1.165, 1.54) is 0 Å². The second-order valence-electron chi connectivity index (χ2n) is 5.43. The van der Waals surface area contributed by atoms with Crippen LogP contribution in [0.25, 0.3) is 0 Å². The number of nitrogens with zero attached hydrogens (tertiary/aromatic N) is 1. The van der Waals surface area contributed by atoms with Crippen LogP contribution in [-0.2, 0) is 4.79 Å². The number of likely N-dealkylation sites (tertiary alicyclic amines) is 1. The van der Waals surface area contributed by atoms with Crippen molar-refractivity contribution in [1.82, 2.24) is 10.2 Å². The molecule has 0 bridgehead atoms. The van der Waals surface area contributed by atoms with Crippen molar-refractivity contribution in [3.8, 4) is 0 Å². The van der Waals surface area contributed by atoms with E-state index in [2.05, 4.69) is 5.32 Å². The average molecular weight is 310 g/mol. The molecular formula is C16H20F2N2O2. The standard InChI is InChI=1S/C16H20F2N2O2/c17-12-5-6-13(14(18)11-12)16(22)19-8-7-15(21)20-9-3-1-2-4-10-20/h5-6,11H,1-4,7-10H2,(H,19,22). The molecule has 2 rings (SSSR count). The van der Waals surface area contributed by atoms with Gasteiger partial charge in [-0.25, -0.2) is 8.78 Å². The van der Waals surface area contributed by atoms with Crippen LogP contribution in [0.4, 0.5) is 8.78 Å². The quantitative estimate of drug-likeness (QED) is 0.929. The van der Waals surface area contributed by atoms with Crippen molar-refractivity contribution < 1.29 is 18.4 Å². The Morgan fingerprint density at radius 2 is 1.77 bits per heavy atom. The van der Waals surface area contributed by atoms with Crippen LogP contribution in [0.1, 0.15) is 42.5 Å². The lowest BCUT2D eigenvalue weighted by Crippen LogP contribution is -2.35. The average Bonchev–Trinajstić information content (AvgIpc) is 2.76. The summed E-state index contributed by atoms with van der Waals surface area (Å²) in [7, 11) is 0. The van der Waals surface area contributed by atoms with E-state index in [4.69, 9.17) is 0 Å². The third-order valence-corrected chi connectivity index (χ3v) is 3.76. The van der Waals surface area contributed by atoms with E-state index in [1.807, 2.05) is 4.90 Å². The Hall–Kier alpha value is -1.98. The molecule has 0 saturated carbocycles. The first-order valence-corrected chi connectivity index (χ1v) is 7.59. The van der Waals surface area contributed by atoms with Gasteiger partial charge >= 0.3 is 0 Å². The SMILES string of the molecule is O=C(NCCC(=O)N1CCCCCC1)c1ccc(F)cc1F. The maximum absolute atomic E-state index is 13.4. The highest BCUT2D eigenvalue weighted by molar-refractivity contribution is 5.94. The van der Waals surface area contributed by atoms with Crippen molar-refractivity contribution in [3.63, 3.8) is 0 Å². The van der Waals surface area contributed by atoms with Gasteiger partial charge in [-0.05, 0) is 25.0 Å². The maximum atomic E-state index is 13.4. The highest BCUT2D eigenvalue weighted by Crippen LogP contribution is 2.11. The predicted octanol–water partition coefficient (Wildman–Crippen LogP) is 2.49. The minimum absolute atomic E-state index is 0.00165. The minimum atomic E-state index is -0.906. The van der Waals surface area contributed by atoms with Gasteiger partial charge in [0.2, 0.25) is 5.91 Å². The predicted molar refractivity (Wildman–Crippen MR) is 78.4 cm³/mol. The van der Waals surface area contributed by atoms with E-state index in [-0.39, 0.29) is 24.4 Å². The summed E-state index contributed by atoms with van der Waals surface area (Å²) in [6, 6.07) is 2.79. The summed E-state index contributed by atoms with van der Waals surface area (Å²) in [5.74, 6) is -2.27. The van der Waals surface area contributed by atoms with E-state index in [1.54, 1.807) is 0 Å².